The zero-order chi connectivity index (χ0) is 19.7. The molecule has 0 aliphatic carbocycles. The lowest BCUT2D eigenvalue weighted by Gasteiger charge is -2.28. The number of hydrogen-bond donors (Lipinski definition) is 1. The van der Waals surface area contributed by atoms with Gasteiger partial charge in [-0.15, -0.1) is 0 Å². The first-order valence-corrected chi connectivity index (χ1v) is 9.12. The van der Waals surface area contributed by atoms with Gasteiger partial charge in [0.1, 0.15) is 35.7 Å². The van der Waals surface area contributed by atoms with E-state index < -0.39 is 0 Å². The summed E-state index contributed by atoms with van der Waals surface area (Å²) in [6.07, 6.45) is 1.45. The average Bonchev–Trinajstić information content (AvgIpc) is 3.14. The maximum absolute atomic E-state index is 6.13. The lowest BCUT2D eigenvalue weighted by molar-refractivity contribution is -0.00478. The van der Waals surface area contributed by atoms with Crippen LogP contribution in [0.4, 0.5) is 0 Å². The van der Waals surface area contributed by atoms with Crippen LogP contribution >= 0.6 is 11.6 Å². The highest BCUT2D eigenvalue weighted by atomic mass is 35.5. The van der Waals surface area contributed by atoms with Gasteiger partial charge in [0.05, 0.1) is 7.11 Å². The Hall–Kier alpha value is -2.97. The molecule has 9 heteroatoms. The van der Waals surface area contributed by atoms with Gasteiger partial charge in [0.15, 0.2) is 5.84 Å². The number of hydroxylamine groups is 1. The van der Waals surface area contributed by atoms with Crippen molar-refractivity contribution in [1.82, 2.24) is 25.2 Å². The first kappa shape index (κ1) is 18.4. The summed E-state index contributed by atoms with van der Waals surface area (Å²) in [6, 6.07) is 11.1. The van der Waals surface area contributed by atoms with E-state index in [4.69, 9.17) is 26.2 Å². The third-order valence-electron chi connectivity index (χ3n) is 4.37. The molecule has 1 aliphatic rings. The molecule has 1 aliphatic heterocycles. The van der Waals surface area contributed by atoms with Gasteiger partial charge in [0, 0.05) is 5.02 Å². The molecule has 2 aromatic heterocycles. The molecule has 8 nitrogen and oxygen atoms in total. The summed E-state index contributed by atoms with van der Waals surface area (Å²) in [5, 5.41) is 4.96. The van der Waals surface area contributed by atoms with Crippen LogP contribution in [-0.4, -0.2) is 38.8 Å². The van der Waals surface area contributed by atoms with E-state index in [1.165, 1.54) is 0 Å². The predicted octanol–water partition coefficient (Wildman–Crippen LogP) is 3.04. The molecule has 3 aromatic rings. The van der Waals surface area contributed by atoms with Gasteiger partial charge in [0.2, 0.25) is 5.88 Å². The Balaban J connectivity index is 1.70. The van der Waals surface area contributed by atoms with Crippen molar-refractivity contribution in [2.75, 3.05) is 7.11 Å². The summed E-state index contributed by atoms with van der Waals surface area (Å²) >= 11 is 6.13. The van der Waals surface area contributed by atoms with E-state index in [9.17, 15) is 0 Å². The van der Waals surface area contributed by atoms with Crippen molar-refractivity contribution < 1.29 is 9.57 Å². The van der Waals surface area contributed by atoms with Crippen molar-refractivity contribution in [1.29, 1.82) is 0 Å². The maximum atomic E-state index is 6.13. The third kappa shape index (κ3) is 3.56. The van der Waals surface area contributed by atoms with Gasteiger partial charge < -0.3 is 4.74 Å². The number of pyridine rings is 1. The zero-order valence-corrected chi connectivity index (χ0v) is 16.4. The van der Waals surface area contributed by atoms with Gasteiger partial charge in [-0.1, -0.05) is 23.7 Å². The van der Waals surface area contributed by atoms with Crippen LogP contribution in [0.3, 0.4) is 0 Å². The summed E-state index contributed by atoms with van der Waals surface area (Å²) in [6.45, 7) is 3.77. The van der Waals surface area contributed by atoms with E-state index in [0.29, 0.717) is 33.9 Å². The van der Waals surface area contributed by atoms with Crippen molar-refractivity contribution >= 4 is 17.4 Å². The Kier molecular flexibility index (Phi) is 4.97. The minimum absolute atomic E-state index is 0.165. The second-order valence-electron chi connectivity index (χ2n) is 6.36. The summed E-state index contributed by atoms with van der Waals surface area (Å²) in [7, 11) is 1.56. The van der Waals surface area contributed by atoms with E-state index >= 15 is 0 Å². The Bertz CT molecular complexity index is 1030. The van der Waals surface area contributed by atoms with Crippen LogP contribution in [0.1, 0.15) is 30.0 Å². The van der Waals surface area contributed by atoms with Gasteiger partial charge in [0.25, 0.3) is 0 Å². The van der Waals surface area contributed by atoms with Crippen LogP contribution in [0.25, 0.3) is 5.69 Å². The molecule has 1 aromatic carbocycles. The number of nitrogens with one attached hydrogen (secondary N) is 1. The van der Waals surface area contributed by atoms with Crippen molar-refractivity contribution in [2.24, 2.45) is 4.99 Å². The van der Waals surface area contributed by atoms with E-state index in [0.717, 1.165) is 5.56 Å². The number of amidine groups is 1. The molecule has 28 heavy (non-hydrogen) atoms. The number of rotatable bonds is 4. The molecule has 0 spiro atoms. The first-order chi connectivity index (χ1) is 13.5. The van der Waals surface area contributed by atoms with E-state index in [1.54, 1.807) is 18.1 Å². The second kappa shape index (κ2) is 7.57. The van der Waals surface area contributed by atoms with Crippen LogP contribution in [0.15, 0.2) is 47.7 Å². The molecular weight excluding hydrogens is 380 g/mol. The molecule has 0 radical (unpaired) electrons. The molecule has 0 saturated carbocycles. The largest absolute Gasteiger partial charge is 0.479 e. The summed E-state index contributed by atoms with van der Waals surface area (Å²) < 4.78 is 7.07. The number of hydrogen-bond acceptors (Lipinski definition) is 7. The molecule has 3 heterocycles. The average molecular weight is 399 g/mol. The van der Waals surface area contributed by atoms with Gasteiger partial charge in [-0.2, -0.15) is 5.10 Å². The van der Waals surface area contributed by atoms with Gasteiger partial charge in [-0.05, 0) is 43.7 Å². The highest BCUT2D eigenvalue weighted by Crippen LogP contribution is 2.29. The van der Waals surface area contributed by atoms with E-state index in [-0.39, 0.29) is 12.1 Å². The van der Waals surface area contributed by atoms with E-state index in [1.807, 2.05) is 50.2 Å². The summed E-state index contributed by atoms with van der Waals surface area (Å²) in [5.74, 6) is 1.59. The Morgan fingerprint density at radius 3 is 2.82 bits per heavy atom. The second-order valence-corrected chi connectivity index (χ2v) is 6.80. The molecule has 0 amide bonds. The van der Waals surface area contributed by atoms with Crippen LogP contribution in [0.2, 0.25) is 5.02 Å². The monoisotopic (exact) mass is 398 g/mol. The SMILES string of the molecule is COc1nc(C2=N[C@H](c3cccc(Cl)c3)[C@H](C)ON2)ccc1-n1cnc(C)n1. The number of benzene rings is 1. The molecule has 0 saturated heterocycles. The van der Waals surface area contributed by atoms with Crippen LogP contribution in [-0.2, 0) is 4.84 Å². The fraction of sp³-hybridized carbons (Fsp3) is 0.263. The highest BCUT2D eigenvalue weighted by molar-refractivity contribution is 6.30. The Labute approximate surface area is 167 Å². The first-order valence-electron chi connectivity index (χ1n) is 8.74. The van der Waals surface area contributed by atoms with Gasteiger partial charge in [-0.25, -0.2) is 20.1 Å². The van der Waals surface area contributed by atoms with Crippen molar-refractivity contribution in [3.63, 3.8) is 0 Å². The molecule has 0 unspecified atom stereocenters. The van der Waals surface area contributed by atoms with Gasteiger partial charge >= 0.3 is 0 Å². The smallest absolute Gasteiger partial charge is 0.240 e. The normalized spacial score (nSPS) is 19.1. The summed E-state index contributed by atoms with van der Waals surface area (Å²) in [4.78, 5) is 19.2. The molecular formula is C19H19ClN6O2. The zero-order valence-electron chi connectivity index (χ0n) is 15.6. The fourth-order valence-corrected chi connectivity index (χ4v) is 3.19. The van der Waals surface area contributed by atoms with Crippen LogP contribution < -0.4 is 10.2 Å². The standard InChI is InChI=1S/C19H19ClN6O2/c1-11-17(13-5-4-6-14(20)9-13)23-18(25-28-11)15-7-8-16(19(22-15)27-3)26-10-21-12(2)24-26/h4-11,17H,1-3H3,(H,23,25)/t11-,17-/m0/s1. The predicted molar refractivity (Wildman–Crippen MR) is 105 cm³/mol. The summed E-state index contributed by atoms with van der Waals surface area (Å²) in [5.41, 5.74) is 5.13. The number of methoxy groups -OCH3 is 1. The number of aromatic nitrogens is 4. The quantitative estimate of drug-likeness (QED) is 0.726. The van der Waals surface area contributed by atoms with E-state index in [2.05, 4.69) is 20.5 Å². The Morgan fingerprint density at radius 2 is 2.11 bits per heavy atom. The van der Waals surface area contributed by atoms with Crippen molar-refractivity contribution in [2.45, 2.75) is 26.0 Å². The minimum atomic E-state index is -0.208. The van der Waals surface area contributed by atoms with Crippen LogP contribution in [0, 0.1) is 6.92 Å². The van der Waals surface area contributed by atoms with Crippen molar-refractivity contribution in [3.05, 3.63) is 64.8 Å². The molecule has 0 bridgehead atoms. The number of aliphatic imine (C=N–C) groups is 1. The molecule has 1 N–H and O–H groups in total. The number of halogens is 1. The molecule has 144 valence electrons. The third-order valence-corrected chi connectivity index (χ3v) is 4.61. The lowest BCUT2D eigenvalue weighted by atomic mass is 10.0. The van der Waals surface area contributed by atoms with Crippen LogP contribution in [0.5, 0.6) is 5.88 Å². The maximum Gasteiger partial charge on any atom is 0.240 e. The Morgan fingerprint density at radius 1 is 1.25 bits per heavy atom. The van der Waals surface area contributed by atoms with Gasteiger partial charge in [-0.3, -0.25) is 9.83 Å². The lowest BCUT2D eigenvalue weighted by Crippen LogP contribution is -2.38. The number of aryl methyl sites for hydroxylation is 1. The molecule has 0 fully saturated rings. The minimum Gasteiger partial charge on any atom is -0.479 e. The topological polar surface area (TPSA) is 86.5 Å². The highest BCUT2D eigenvalue weighted by Gasteiger charge is 2.27. The molecule has 2 atom stereocenters. The number of ether oxygens (including phenoxy) is 1. The van der Waals surface area contributed by atoms with Crippen molar-refractivity contribution in [3.8, 4) is 11.6 Å². The fourth-order valence-electron chi connectivity index (χ4n) is 2.99. The number of nitrogens with zero attached hydrogens (tertiary/aromatic N) is 5. The molecule has 4 rings (SSSR count).